The molecule has 1 heterocycles. The van der Waals surface area contributed by atoms with E-state index in [-0.39, 0.29) is 24.1 Å². The molecule has 0 amide bonds. The number of esters is 1. The summed E-state index contributed by atoms with van der Waals surface area (Å²) in [6.45, 7) is 3.93. The molecule has 2 unspecified atom stereocenters. The van der Waals surface area contributed by atoms with Crippen LogP contribution in [0.25, 0.3) is 0 Å². The Kier molecular flexibility index (Phi) is 3.97. The molecule has 98 valence electrons. The fourth-order valence-corrected chi connectivity index (χ4v) is 2.25. The fraction of sp³-hybridized carbons (Fsp3) is 0.500. The van der Waals surface area contributed by atoms with Gasteiger partial charge in [0.1, 0.15) is 11.9 Å². The van der Waals surface area contributed by atoms with Gasteiger partial charge in [0.15, 0.2) is 0 Å². The van der Waals surface area contributed by atoms with E-state index in [1.54, 1.807) is 0 Å². The van der Waals surface area contributed by atoms with Gasteiger partial charge in [-0.3, -0.25) is 0 Å². The highest BCUT2D eigenvalue weighted by atomic mass is 19.1. The monoisotopic (exact) mass is 252 g/mol. The van der Waals surface area contributed by atoms with Crippen molar-refractivity contribution in [1.29, 1.82) is 0 Å². The Balaban J connectivity index is 1.96. The lowest BCUT2D eigenvalue weighted by Crippen LogP contribution is -2.35. The van der Waals surface area contributed by atoms with Crippen molar-refractivity contribution in [3.05, 3.63) is 35.6 Å². The van der Waals surface area contributed by atoms with Crippen LogP contribution >= 0.6 is 0 Å². The molecule has 1 aromatic rings. The minimum absolute atomic E-state index is 0.0970. The number of ether oxygens (including phenoxy) is 2. The van der Waals surface area contributed by atoms with E-state index in [1.165, 1.54) is 24.3 Å². The van der Waals surface area contributed by atoms with Gasteiger partial charge in [-0.15, -0.1) is 0 Å². The molecule has 2 atom stereocenters. The second-order valence-corrected chi connectivity index (χ2v) is 4.76. The molecule has 0 aliphatic carbocycles. The SMILES string of the molecule is CC1CC(OC(=O)c2ccc(F)cc2)CC(C)O1. The first-order valence-electron chi connectivity index (χ1n) is 6.16. The molecule has 18 heavy (non-hydrogen) atoms. The average Bonchev–Trinajstić information content (AvgIpc) is 2.28. The Morgan fingerprint density at radius 1 is 1.22 bits per heavy atom. The van der Waals surface area contributed by atoms with Gasteiger partial charge < -0.3 is 9.47 Å². The third-order valence-corrected chi connectivity index (χ3v) is 3.01. The summed E-state index contributed by atoms with van der Waals surface area (Å²) < 4.78 is 23.7. The zero-order valence-corrected chi connectivity index (χ0v) is 10.6. The van der Waals surface area contributed by atoms with Crippen LogP contribution in [-0.2, 0) is 9.47 Å². The molecule has 1 aliphatic heterocycles. The van der Waals surface area contributed by atoms with E-state index in [0.717, 1.165) is 0 Å². The van der Waals surface area contributed by atoms with Crippen molar-refractivity contribution in [2.75, 3.05) is 0 Å². The first-order chi connectivity index (χ1) is 8.54. The van der Waals surface area contributed by atoms with Gasteiger partial charge in [-0.2, -0.15) is 0 Å². The molecular formula is C14H17FO3. The highest BCUT2D eigenvalue weighted by Crippen LogP contribution is 2.22. The molecular weight excluding hydrogens is 235 g/mol. The summed E-state index contributed by atoms with van der Waals surface area (Å²) in [5, 5.41) is 0. The van der Waals surface area contributed by atoms with E-state index in [1.807, 2.05) is 13.8 Å². The molecule has 3 nitrogen and oxygen atoms in total. The number of rotatable bonds is 2. The van der Waals surface area contributed by atoms with Gasteiger partial charge in [0, 0.05) is 12.8 Å². The van der Waals surface area contributed by atoms with Crippen LogP contribution in [0.1, 0.15) is 37.0 Å². The third-order valence-electron chi connectivity index (χ3n) is 3.01. The smallest absolute Gasteiger partial charge is 0.338 e. The second kappa shape index (κ2) is 5.48. The molecule has 2 rings (SSSR count). The predicted octanol–water partition coefficient (Wildman–Crippen LogP) is 2.94. The molecule has 1 aromatic carbocycles. The van der Waals surface area contributed by atoms with Gasteiger partial charge in [-0.1, -0.05) is 0 Å². The van der Waals surface area contributed by atoms with Crippen LogP contribution in [0.3, 0.4) is 0 Å². The van der Waals surface area contributed by atoms with E-state index in [4.69, 9.17) is 9.47 Å². The Labute approximate surface area is 106 Å². The minimum Gasteiger partial charge on any atom is -0.459 e. The summed E-state index contributed by atoms with van der Waals surface area (Å²) in [7, 11) is 0. The molecule has 0 aromatic heterocycles. The third kappa shape index (κ3) is 3.29. The zero-order chi connectivity index (χ0) is 13.1. The molecule has 1 aliphatic rings. The van der Waals surface area contributed by atoms with E-state index < -0.39 is 5.97 Å². The van der Waals surface area contributed by atoms with Crippen molar-refractivity contribution in [2.24, 2.45) is 0 Å². The summed E-state index contributed by atoms with van der Waals surface area (Å²) in [5.41, 5.74) is 0.378. The first kappa shape index (κ1) is 13.0. The quantitative estimate of drug-likeness (QED) is 0.759. The van der Waals surface area contributed by atoms with Crippen molar-refractivity contribution in [2.45, 2.75) is 45.0 Å². The van der Waals surface area contributed by atoms with Gasteiger partial charge >= 0.3 is 5.97 Å². The van der Waals surface area contributed by atoms with Gasteiger partial charge in [0.2, 0.25) is 0 Å². The predicted molar refractivity (Wildman–Crippen MR) is 64.8 cm³/mol. The van der Waals surface area contributed by atoms with Crippen molar-refractivity contribution in [1.82, 2.24) is 0 Å². The van der Waals surface area contributed by atoms with Crippen molar-refractivity contribution < 1.29 is 18.7 Å². The van der Waals surface area contributed by atoms with Crippen LogP contribution in [0.5, 0.6) is 0 Å². The standard InChI is InChI=1S/C14H17FO3/c1-9-7-13(8-10(2)17-9)18-14(16)11-3-5-12(15)6-4-11/h3-6,9-10,13H,7-8H2,1-2H3. The van der Waals surface area contributed by atoms with Gasteiger partial charge in [-0.05, 0) is 38.1 Å². The van der Waals surface area contributed by atoms with Crippen LogP contribution in [-0.4, -0.2) is 24.3 Å². The van der Waals surface area contributed by atoms with Gasteiger partial charge in [-0.25, -0.2) is 9.18 Å². The second-order valence-electron chi connectivity index (χ2n) is 4.76. The maximum Gasteiger partial charge on any atom is 0.338 e. The van der Waals surface area contributed by atoms with E-state index in [2.05, 4.69) is 0 Å². The Hall–Kier alpha value is -1.42. The van der Waals surface area contributed by atoms with E-state index in [9.17, 15) is 9.18 Å². The maximum absolute atomic E-state index is 12.7. The van der Waals surface area contributed by atoms with Crippen LogP contribution < -0.4 is 0 Å². The number of carbonyl (C=O) groups is 1. The lowest BCUT2D eigenvalue weighted by molar-refractivity contribution is -0.0855. The molecule has 4 heteroatoms. The average molecular weight is 252 g/mol. The zero-order valence-electron chi connectivity index (χ0n) is 10.6. The summed E-state index contributed by atoms with van der Waals surface area (Å²) in [6, 6.07) is 5.38. The lowest BCUT2D eigenvalue weighted by Gasteiger charge is -2.31. The Morgan fingerprint density at radius 3 is 2.33 bits per heavy atom. The summed E-state index contributed by atoms with van der Waals surface area (Å²) in [5.74, 6) is -0.763. The van der Waals surface area contributed by atoms with Crippen LogP contribution in [0.2, 0.25) is 0 Å². The molecule has 0 saturated carbocycles. The summed E-state index contributed by atoms with van der Waals surface area (Å²) in [4.78, 5) is 11.9. The molecule has 0 radical (unpaired) electrons. The topological polar surface area (TPSA) is 35.5 Å². The molecule has 0 bridgehead atoms. The Bertz CT molecular complexity index is 406. The van der Waals surface area contributed by atoms with Crippen LogP contribution in [0.15, 0.2) is 24.3 Å². The van der Waals surface area contributed by atoms with Crippen LogP contribution in [0, 0.1) is 5.82 Å². The summed E-state index contributed by atoms with van der Waals surface area (Å²) in [6.07, 6.45) is 1.48. The highest BCUT2D eigenvalue weighted by molar-refractivity contribution is 5.89. The van der Waals surface area contributed by atoms with Crippen molar-refractivity contribution >= 4 is 5.97 Å². The fourth-order valence-electron chi connectivity index (χ4n) is 2.25. The largest absolute Gasteiger partial charge is 0.459 e. The van der Waals surface area contributed by atoms with E-state index >= 15 is 0 Å². The number of hydrogen-bond acceptors (Lipinski definition) is 3. The summed E-state index contributed by atoms with van der Waals surface area (Å²) >= 11 is 0. The van der Waals surface area contributed by atoms with Crippen LogP contribution in [0.4, 0.5) is 4.39 Å². The van der Waals surface area contributed by atoms with Gasteiger partial charge in [0.05, 0.1) is 17.8 Å². The Morgan fingerprint density at radius 2 is 1.78 bits per heavy atom. The molecule has 0 spiro atoms. The normalized spacial score (nSPS) is 27.8. The minimum atomic E-state index is -0.402. The lowest BCUT2D eigenvalue weighted by atomic mass is 10.0. The number of benzene rings is 1. The van der Waals surface area contributed by atoms with E-state index in [0.29, 0.717) is 18.4 Å². The molecule has 1 fully saturated rings. The number of carbonyl (C=O) groups excluding carboxylic acids is 1. The highest BCUT2D eigenvalue weighted by Gasteiger charge is 2.27. The molecule has 1 saturated heterocycles. The number of hydrogen-bond donors (Lipinski definition) is 0. The van der Waals surface area contributed by atoms with Crippen molar-refractivity contribution in [3.8, 4) is 0 Å². The maximum atomic E-state index is 12.7. The molecule has 0 N–H and O–H groups in total. The first-order valence-corrected chi connectivity index (χ1v) is 6.16. The van der Waals surface area contributed by atoms with Gasteiger partial charge in [0.25, 0.3) is 0 Å². The van der Waals surface area contributed by atoms with Crippen molar-refractivity contribution in [3.63, 3.8) is 0 Å². The number of halogens is 1.